The Hall–Kier alpha value is -1.86. The molecule has 2 rings (SSSR count). The van der Waals surface area contributed by atoms with Crippen LogP contribution in [0.2, 0.25) is 0 Å². The molecule has 6 nitrogen and oxygen atoms in total. The van der Waals surface area contributed by atoms with Crippen molar-refractivity contribution in [3.05, 3.63) is 40.2 Å². The van der Waals surface area contributed by atoms with Crippen molar-refractivity contribution < 1.29 is 21.8 Å². The van der Waals surface area contributed by atoms with Crippen LogP contribution in [-0.2, 0) is 21.3 Å². The van der Waals surface area contributed by atoms with Crippen molar-refractivity contribution in [3.63, 3.8) is 0 Å². The summed E-state index contributed by atoms with van der Waals surface area (Å²) in [5.41, 5.74) is 0.745. The minimum Gasteiger partial charge on any atom is -0.423 e. The first kappa shape index (κ1) is 18.5. The summed E-state index contributed by atoms with van der Waals surface area (Å²) >= 11 is 0. The smallest absolute Gasteiger partial charge is 0.336 e. The molecule has 0 amide bonds. The zero-order chi connectivity index (χ0) is 17.7. The van der Waals surface area contributed by atoms with Gasteiger partial charge in [0.2, 0.25) is 0 Å². The molecule has 0 fully saturated rings. The highest BCUT2D eigenvalue weighted by Crippen LogP contribution is 2.25. The quantitative estimate of drug-likeness (QED) is 0.535. The highest BCUT2D eigenvalue weighted by molar-refractivity contribution is 7.87. The Morgan fingerprint density at radius 3 is 2.67 bits per heavy atom. The predicted octanol–water partition coefficient (Wildman–Crippen LogP) is 2.88. The van der Waals surface area contributed by atoms with E-state index in [1.54, 1.807) is 19.1 Å². The summed E-state index contributed by atoms with van der Waals surface area (Å²) in [5, 5.41) is 0.0835. The van der Waals surface area contributed by atoms with Gasteiger partial charge in [-0.25, -0.2) is 4.79 Å². The highest BCUT2D eigenvalue weighted by atomic mass is 32.2. The summed E-state index contributed by atoms with van der Waals surface area (Å²) < 4.78 is 39.7. The number of hydrogen-bond donors (Lipinski definition) is 0. The van der Waals surface area contributed by atoms with E-state index in [0.29, 0.717) is 18.6 Å². The summed E-state index contributed by atoms with van der Waals surface area (Å²) in [6.45, 7) is 3.91. The fourth-order valence-corrected chi connectivity index (χ4v) is 3.30. The lowest BCUT2D eigenvalue weighted by Crippen LogP contribution is -2.24. The first-order chi connectivity index (χ1) is 11.4. The zero-order valence-electron chi connectivity index (χ0n) is 14.1. The van der Waals surface area contributed by atoms with Gasteiger partial charge in [-0.05, 0) is 37.5 Å². The molecular formula is C17H22O6S. The molecule has 0 aliphatic carbocycles. The average Bonchev–Trinajstić information content (AvgIpc) is 2.51. The van der Waals surface area contributed by atoms with Crippen LogP contribution in [0.15, 0.2) is 33.5 Å². The minimum atomic E-state index is -3.78. The SMILES string of the molecule is CCCc1cc(=O)oc2cc(OS(=O)(=O)C(C)CCOC)ccc12. The Kier molecular flexibility index (Phi) is 6.01. The average molecular weight is 354 g/mol. The molecule has 0 aliphatic heterocycles. The summed E-state index contributed by atoms with van der Waals surface area (Å²) in [5.74, 6) is 0.128. The monoisotopic (exact) mass is 354 g/mol. The van der Waals surface area contributed by atoms with E-state index in [1.807, 2.05) is 6.92 Å². The molecule has 1 aromatic heterocycles. The van der Waals surface area contributed by atoms with E-state index >= 15 is 0 Å². The van der Waals surface area contributed by atoms with Crippen molar-refractivity contribution in [2.24, 2.45) is 0 Å². The molecule has 0 N–H and O–H groups in total. The fraction of sp³-hybridized carbons (Fsp3) is 0.471. The summed E-state index contributed by atoms with van der Waals surface area (Å²) in [7, 11) is -2.27. The molecule has 1 aromatic carbocycles. The Bertz CT molecular complexity index is 853. The van der Waals surface area contributed by atoms with Crippen molar-refractivity contribution in [2.75, 3.05) is 13.7 Å². The van der Waals surface area contributed by atoms with Gasteiger partial charge in [-0.3, -0.25) is 0 Å². The Labute approximate surface area is 141 Å². The minimum absolute atomic E-state index is 0.128. The number of aryl methyl sites for hydroxylation is 1. The molecule has 0 saturated carbocycles. The Balaban J connectivity index is 2.32. The lowest BCUT2D eigenvalue weighted by molar-refractivity contribution is 0.194. The number of ether oxygens (including phenoxy) is 1. The first-order valence-electron chi connectivity index (χ1n) is 7.86. The van der Waals surface area contributed by atoms with Gasteiger partial charge in [-0.1, -0.05) is 13.3 Å². The molecule has 132 valence electrons. The van der Waals surface area contributed by atoms with Gasteiger partial charge in [0.25, 0.3) is 0 Å². The normalized spacial score (nSPS) is 13.1. The molecule has 2 aromatic rings. The lowest BCUT2D eigenvalue weighted by Gasteiger charge is -2.13. The van der Waals surface area contributed by atoms with Crippen molar-refractivity contribution in [2.45, 2.75) is 38.4 Å². The van der Waals surface area contributed by atoms with Crippen LogP contribution in [0.5, 0.6) is 5.75 Å². The second kappa shape index (κ2) is 7.81. The first-order valence-corrected chi connectivity index (χ1v) is 9.33. The Morgan fingerprint density at radius 2 is 2.00 bits per heavy atom. The van der Waals surface area contributed by atoms with E-state index in [0.717, 1.165) is 23.8 Å². The Morgan fingerprint density at radius 1 is 1.25 bits per heavy atom. The van der Waals surface area contributed by atoms with E-state index in [1.165, 1.54) is 19.2 Å². The molecule has 0 saturated heterocycles. The molecule has 0 aliphatic rings. The summed E-state index contributed by atoms with van der Waals surface area (Å²) in [4.78, 5) is 11.7. The number of rotatable bonds is 8. The maximum absolute atomic E-state index is 12.2. The second-order valence-electron chi connectivity index (χ2n) is 5.67. The fourth-order valence-electron chi connectivity index (χ4n) is 2.38. The van der Waals surface area contributed by atoms with Gasteiger partial charge in [0.15, 0.2) is 0 Å². The van der Waals surface area contributed by atoms with Gasteiger partial charge in [0.05, 0.1) is 5.25 Å². The molecular weight excluding hydrogens is 332 g/mol. The van der Waals surface area contributed by atoms with Crippen LogP contribution in [0.4, 0.5) is 0 Å². The predicted molar refractivity (Wildman–Crippen MR) is 92.0 cm³/mol. The van der Waals surface area contributed by atoms with Crippen LogP contribution in [0.1, 0.15) is 32.3 Å². The van der Waals surface area contributed by atoms with Crippen LogP contribution in [-0.4, -0.2) is 27.4 Å². The molecule has 1 unspecified atom stereocenters. The molecule has 1 heterocycles. The summed E-state index contributed by atoms with van der Waals surface area (Å²) in [6.07, 6.45) is 1.97. The number of methoxy groups -OCH3 is 1. The van der Waals surface area contributed by atoms with E-state index in [2.05, 4.69) is 0 Å². The third kappa shape index (κ3) is 4.36. The summed E-state index contributed by atoms with van der Waals surface area (Å²) in [6, 6.07) is 6.20. The third-order valence-corrected chi connectivity index (χ3v) is 5.40. The van der Waals surface area contributed by atoms with Gasteiger partial charge in [-0.15, -0.1) is 0 Å². The van der Waals surface area contributed by atoms with Gasteiger partial charge in [-0.2, -0.15) is 8.42 Å². The van der Waals surface area contributed by atoms with Crippen molar-refractivity contribution >= 4 is 21.1 Å². The largest absolute Gasteiger partial charge is 0.423 e. The van der Waals surface area contributed by atoms with Crippen LogP contribution < -0.4 is 9.81 Å². The lowest BCUT2D eigenvalue weighted by atomic mass is 10.1. The zero-order valence-corrected chi connectivity index (χ0v) is 14.9. The molecule has 0 radical (unpaired) electrons. The highest BCUT2D eigenvalue weighted by Gasteiger charge is 2.23. The van der Waals surface area contributed by atoms with E-state index in [-0.39, 0.29) is 5.75 Å². The van der Waals surface area contributed by atoms with Crippen molar-refractivity contribution in [1.29, 1.82) is 0 Å². The van der Waals surface area contributed by atoms with E-state index in [9.17, 15) is 13.2 Å². The van der Waals surface area contributed by atoms with Crippen LogP contribution in [0.25, 0.3) is 11.0 Å². The van der Waals surface area contributed by atoms with E-state index < -0.39 is 21.0 Å². The molecule has 0 spiro atoms. The topological polar surface area (TPSA) is 82.8 Å². The maximum atomic E-state index is 12.2. The molecule has 7 heteroatoms. The van der Waals surface area contributed by atoms with E-state index in [4.69, 9.17) is 13.3 Å². The number of benzene rings is 1. The van der Waals surface area contributed by atoms with Crippen LogP contribution in [0.3, 0.4) is 0 Å². The molecule has 1 atom stereocenters. The second-order valence-corrected chi connectivity index (χ2v) is 7.62. The van der Waals surface area contributed by atoms with Gasteiger partial charge in [0.1, 0.15) is 11.3 Å². The van der Waals surface area contributed by atoms with Crippen molar-refractivity contribution in [3.8, 4) is 5.75 Å². The van der Waals surface area contributed by atoms with Crippen molar-refractivity contribution in [1.82, 2.24) is 0 Å². The van der Waals surface area contributed by atoms with Crippen LogP contribution in [0, 0.1) is 0 Å². The third-order valence-electron chi connectivity index (χ3n) is 3.75. The van der Waals surface area contributed by atoms with Gasteiger partial charge >= 0.3 is 15.7 Å². The molecule has 24 heavy (non-hydrogen) atoms. The number of hydrogen-bond acceptors (Lipinski definition) is 6. The van der Waals surface area contributed by atoms with Gasteiger partial charge in [0, 0.05) is 31.2 Å². The number of fused-ring (bicyclic) bond motifs is 1. The standard InChI is InChI=1S/C17H22O6S/c1-4-5-13-10-17(18)22-16-11-14(6-7-15(13)16)23-24(19,20)12(2)8-9-21-3/h6-7,10-12H,4-5,8-9H2,1-3H3. The molecule has 0 bridgehead atoms. The van der Waals surface area contributed by atoms with Crippen LogP contribution >= 0.6 is 0 Å². The van der Waals surface area contributed by atoms with Gasteiger partial charge < -0.3 is 13.3 Å². The maximum Gasteiger partial charge on any atom is 0.336 e.